The van der Waals surface area contributed by atoms with Crippen molar-refractivity contribution in [1.29, 1.82) is 0 Å². The Kier molecular flexibility index (Phi) is 6.83. The first kappa shape index (κ1) is 24.8. The van der Waals surface area contributed by atoms with Gasteiger partial charge in [-0.1, -0.05) is 50.2 Å². The van der Waals surface area contributed by atoms with E-state index in [-0.39, 0.29) is 17.7 Å². The molecule has 2 aliphatic rings. The number of benzene rings is 3. The number of ether oxygens (including phenoxy) is 3. The van der Waals surface area contributed by atoms with Gasteiger partial charge in [0.25, 0.3) is 0 Å². The Hall–Kier alpha value is -3.93. The maximum absolute atomic E-state index is 13.9. The van der Waals surface area contributed by atoms with Crippen LogP contribution in [0.3, 0.4) is 0 Å². The van der Waals surface area contributed by atoms with Crippen LogP contribution in [-0.2, 0) is 4.79 Å². The lowest BCUT2D eigenvalue weighted by molar-refractivity contribution is -0.116. The number of para-hydroxylation sites is 2. The number of nitrogens with one attached hydrogen (secondary N) is 2. The molecule has 6 heteroatoms. The smallest absolute Gasteiger partial charge is 0.203 e. The number of hydrogen-bond acceptors (Lipinski definition) is 6. The molecule has 192 valence electrons. The van der Waals surface area contributed by atoms with Crippen LogP contribution in [0.5, 0.6) is 17.2 Å². The number of carbonyl (C=O) groups is 1. The van der Waals surface area contributed by atoms with Gasteiger partial charge in [-0.15, -0.1) is 0 Å². The molecule has 0 amide bonds. The predicted octanol–water partition coefficient (Wildman–Crippen LogP) is 6.82. The number of fused-ring (bicyclic) bond motifs is 1. The van der Waals surface area contributed by atoms with E-state index in [2.05, 4.69) is 54.8 Å². The average molecular weight is 499 g/mol. The first-order valence-corrected chi connectivity index (χ1v) is 12.7. The summed E-state index contributed by atoms with van der Waals surface area (Å²) in [7, 11) is 4.81. The number of ketones is 1. The molecule has 0 saturated carbocycles. The molecule has 0 radical (unpaired) electrons. The molecule has 37 heavy (non-hydrogen) atoms. The minimum absolute atomic E-state index is 0.0262. The summed E-state index contributed by atoms with van der Waals surface area (Å²) >= 11 is 0. The van der Waals surface area contributed by atoms with E-state index in [9.17, 15) is 4.79 Å². The van der Waals surface area contributed by atoms with Gasteiger partial charge in [-0.3, -0.25) is 4.79 Å². The van der Waals surface area contributed by atoms with Gasteiger partial charge in [0.1, 0.15) is 0 Å². The Morgan fingerprint density at radius 2 is 1.46 bits per heavy atom. The van der Waals surface area contributed by atoms with Crippen LogP contribution in [0.4, 0.5) is 11.4 Å². The Bertz CT molecular complexity index is 1320. The van der Waals surface area contributed by atoms with E-state index in [1.165, 1.54) is 5.56 Å². The molecule has 2 N–H and O–H groups in total. The third kappa shape index (κ3) is 4.64. The van der Waals surface area contributed by atoms with Gasteiger partial charge in [0.05, 0.1) is 38.7 Å². The molecular weight excluding hydrogens is 464 g/mol. The number of methoxy groups -OCH3 is 3. The summed E-state index contributed by atoms with van der Waals surface area (Å²) in [5.41, 5.74) is 7.04. The molecule has 0 fully saturated rings. The number of hydrogen-bond donors (Lipinski definition) is 2. The molecule has 0 spiro atoms. The molecule has 0 unspecified atom stereocenters. The summed E-state index contributed by atoms with van der Waals surface area (Å²) in [6.45, 7) is 4.38. The summed E-state index contributed by atoms with van der Waals surface area (Å²) < 4.78 is 16.7. The van der Waals surface area contributed by atoms with E-state index >= 15 is 0 Å². The van der Waals surface area contributed by atoms with Crippen LogP contribution in [0.25, 0.3) is 0 Å². The molecule has 0 aromatic heterocycles. The van der Waals surface area contributed by atoms with Crippen molar-refractivity contribution in [2.24, 2.45) is 0 Å². The highest BCUT2D eigenvalue weighted by Gasteiger charge is 2.36. The highest BCUT2D eigenvalue weighted by molar-refractivity contribution is 6.01. The van der Waals surface area contributed by atoms with Gasteiger partial charge in [-0.25, -0.2) is 0 Å². The van der Waals surface area contributed by atoms with Crippen LogP contribution < -0.4 is 24.8 Å². The second-order valence-corrected chi connectivity index (χ2v) is 9.95. The lowest BCUT2D eigenvalue weighted by Gasteiger charge is -2.30. The van der Waals surface area contributed by atoms with Gasteiger partial charge >= 0.3 is 0 Å². The zero-order valence-electron chi connectivity index (χ0n) is 22.1. The molecule has 3 aromatic carbocycles. The van der Waals surface area contributed by atoms with Crippen LogP contribution in [0.2, 0.25) is 0 Å². The topological polar surface area (TPSA) is 68.8 Å². The summed E-state index contributed by atoms with van der Waals surface area (Å²) in [6, 6.07) is 20.4. The number of carbonyl (C=O) groups excluding carboxylic acids is 1. The van der Waals surface area contributed by atoms with E-state index in [1.807, 2.05) is 30.3 Å². The molecule has 1 heterocycles. The van der Waals surface area contributed by atoms with E-state index in [0.717, 1.165) is 33.8 Å². The molecule has 1 aliphatic heterocycles. The van der Waals surface area contributed by atoms with Crippen molar-refractivity contribution in [2.45, 2.75) is 44.6 Å². The minimum atomic E-state index is -0.235. The predicted molar refractivity (Wildman–Crippen MR) is 147 cm³/mol. The van der Waals surface area contributed by atoms with Crippen molar-refractivity contribution in [3.05, 3.63) is 88.6 Å². The van der Waals surface area contributed by atoms with Crippen LogP contribution in [0.15, 0.2) is 71.9 Å². The molecule has 0 saturated heterocycles. The largest absolute Gasteiger partial charge is 0.493 e. The Morgan fingerprint density at radius 1 is 0.811 bits per heavy atom. The fraction of sp³-hybridized carbons (Fsp3) is 0.323. The van der Waals surface area contributed by atoms with Gasteiger partial charge in [0.15, 0.2) is 17.3 Å². The molecular formula is C31H34N2O4. The monoisotopic (exact) mass is 498 g/mol. The Balaban J connectivity index is 1.58. The highest BCUT2D eigenvalue weighted by Crippen LogP contribution is 2.47. The third-order valence-corrected chi connectivity index (χ3v) is 7.40. The van der Waals surface area contributed by atoms with Gasteiger partial charge in [0, 0.05) is 17.7 Å². The van der Waals surface area contributed by atoms with Crippen LogP contribution in [-0.4, -0.2) is 27.1 Å². The fourth-order valence-corrected chi connectivity index (χ4v) is 5.39. The summed E-state index contributed by atoms with van der Waals surface area (Å²) in [5, 5.41) is 7.27. The number of Topliss-reactive ketones (excluding diaryl/α,β-unsaturated/α-hetero) is 1. The fourth-order valence-electron chi connectivity index (χ4n) is 5.39. The maximum Gasteiger partial charge on any atom is 0.203 e. The van der Waals surface area contributed by atoms with Gasteiger partial charge in [0.2, 0.25) is 5.75 Å². The zero-order valence-corrected chi connectivity index (χ0v) is 22.1. The highest BCUT2D eigenvalue weighted by atomic mass is 16.5. The Morgan fingerprint density at radius 3 is 2.05 bits per heavy atom. The van der Waals surface area contributed by atoms with Crippen LogP contribution >= 0.6 is 0 Å². The maximum atomic E-state index is 13.9. The van der Waals surface area contributed by atoms with Gasteiger partial charge in [-0.05, 0) is 59.2 Å². The van der Waals surface area contributed by atoms with E-state index in [1.54, 1.807) is 21.3 Å². The van der Waals surface area contributed by atoms with Crippen molar-refractivity contribution >= 4 is 17.2 Å². The average Bonchev–Trinajstić information content (AvgIpc) is 3.09. The second kappa shape index (κ2) is 10.2. The zero-order chi connectivity index (χ0) is 26.1. The third-order valence-electron chi connectivity index (χ3n) is 7.40. The van der Waals surface area contributed by atoms with E-state index in [4.69, 9.17) is 14.2 Å². The quantitative estimate of drug-likeness (QED) is 0.389. The normalized spacial score (nSPS) is 18.8. The van der Waals surface area contributed by atoms with Crippen molar-refractivity contribution in [3.8, 4) is 17.2 Å². The van der Waals surface area contributed by atoms with Gasteiger partial charge < -0.3 is 24.8 Å². The SMILES string of the molecule is COc1cc([C@H]2CC(=O)C3=C(C2)Nc2ccccc2N[C@@H]3c2ccc(C(C)C)cc2)cc(OC)c1OC. The number of anilines is 2. The van der Waals surface area contributed by atoms with Gasteiger partial charge in [-0.2, -0.15) is 0 Å². The number of rotatable bonds is 6. The Labute approximate surface area is 218 Å². The summed E-state index contributed by atoms with van der Waals surface area (Å²) in [4.78, 5) is 13.9. The molecule has 2 atom stereocenters. The van der Waals surface area contributed by atoms with Crippen LogP contribution in [0, 0.1) is 0 Å². The van der Waals surface area contributed by atoms with Crippen LogP contribution in [0.1, 0.15) is 61.3 Å². The lowest BCUT2D eigenvalue weighted by atomic mass is 9.78. The first-order chi connectivity index (χ1) is 17.9. The molecule has 5 rings (SSSR count). The van der Waals surface area contributed by atoms with Crippen molar-refractivity contribution in [2.75, 3.05) is 32.0 Å². The van der Waals surface area contributed by atoms with Crippen molar-refractivity contribution in [1.82, 2.24) is 0 Å². The lowest BCUT2D eigenvalue weighted by Crippen LogP contribution is -2.27. The van der Waals surface area contributed by atoms with E-state index < -0.39 is 0 Å². The van der Waals surface area contributed by atoms with E-state index in [0.29, 0.717) is 36.0 Å². The molecule has 0 bridgehead atoms. The molecule has 1 aliphatic carbocycles. The number of allylic oxidation sites excluding steroid dienone is 1. The summed E-state index contributed by atoms with van der Waals surface area (Å²) in [6.07, 6.45) is 1.09. The van der Waals surface area contributed by atoms with Crippen molar-refractivity contribution in [3.63, 3.8) is 0 Å². The molecule has 3 aromatic rings. The summed E-state index contributed by atoms with van der Waals surface area (Å²) in [5.74, 6) is 2.28. The standard InChI is InChI=1S/C31H34N2O4/c1-18(2)19-10-12-20(13-11-19)30-29-25(32-23-8-6-7-9-24(23)33-30)14-21(15-26(29)34)22-16-27(35-3)31(37-5)28(17-22)36-4/h6-13,16-18,21,30,32-33H,14-15H2,1-5H3/t21-,30-/m1/s1. The molecule has 6 nitrogen and oxygen atoms in total. The van der Waals surface area contributed by atoms with Crippen molar-refractivity contribution < 1.29 is 19.0 Å². The minimum Gasteiger partial charge on any atom is -0.493 e. The second-order valence-electron chi connectivity index (χ2n) is 9.95. The first-order valence-electron chi connectivity index (χ1n) is 12.7.